The fourth-order valence-electron chi connectivity index (χ4n) is 1.69. The zero-order valence-electron chi connectivity index (χ0n) is 9.35. The van der Waals surface area contributed by atoms with Gasteiger partial charge in [0.05, 0.1) is 0 Å². The van der Waals surface area contributed by atoms with E-state index in [9.17, 15) is 4.79 Å². The van der Waals surface area contributed by atoms with Crippen LogP contribution >= 0.6 is 0 Å². The van der Waals surface area contributed by atoms with Gasteiger partial charge in [-0.15, -0.1) is 0 Å². The highest BCUT2D eigenvalue weighted by molar-refractivity contribution is 5.93. The fourth-order valence-corrected chi connectivity index (χ4v) is 1.69. The first-order valence-electron chi connectivity index (χ1n) is 5.07. The quantitative estimate of drug-likeness (QED) is 0.559. The van der Waals surface area contributed by atoms with Crippen LogP contribution in [-0.2, 0) is 4.79 Å². The van der Waals surface area contributed by atoms with Crippen molar-refractivity contribution >= 4 is 5.78 Å². The summed E-state index contributed by atoms with van der Waals surface area (Å²) in [5.41, 5.74) is 1.47. The largest absolute Gasteiger partial charge is 0.295 e. The van der Waals surface area contributed by atoms with E-state index >= 15 is 0 Å². The number of hydrogen-bond donors (Lipinski definition) is 0. The van der Waals surface area contributed by atoms with Crippen LogP contribution in [0.25, 0.3) is 0 Å². The Hall–Kier alpha value is -0.590. The molecule has 74 valence electrons. The van der Waals surface area contributed by atoms with Crippen LogP contribution in [0, 0.1) is 17.3 Å². The summed E-state index contributed by atoms with van der Waals surface area (Å²) in [6.07, 6.45) is 2.95. The van der Waals surface area contributed by atoms with E-state index in [1.54, 1.807) is 0 Å². The molecule has 1 aliphatic rings. The van der Waals surface area contributed by atoms with Crippen molar-refractivity contribution in [3.05, 3.63) is 11.6 Å². The summed E-state index contributed by atoms with van der Waals surface area (Å²) in [6.45, 7) is 10.7. The van der Waals surface area contributed by atoms with Crippen LogP contribution in [0.3, 0.4) is 0 Å². The van der Waals surface area contributed by atoms with Crippen molar-refractivity contribution in [2.24, 2.45) is 17.3 Å². The number of carbonyl (C=O) groups excluding carboxylic acids is 1. The topological polar surface area (TPSA) is 17.1 Å². The molecule has 0 N–H and O–H groups in total. The highest BCUT2D eigenvalue weighted by Gasteiger charge is 2.29. The third-order valence-electron chi connectivity index (χ3n) is 3.12. The molecule has 1 nitrogen and oxygen atoms in total. The van der Waals surface area contributed by atoms with Gasteiger partial charge in [-0.3, -0.25) is 4.79 Å². The Morgan fingerprint density at radius 3 is 2.23 bits per heavy atom. The molecule has 0 bridgehead atoms. The van der Waals surface area contributed by atoms with E-state index in [1.165, 1.54) is 5.57 Å². The van der Waals surface area contributed by atoms with Crippen molar-refractivity contribution in [2.75, 3.05) is 0 Å². The molecule has 13 heavy (non-hydrogen) atoms. The van der Waals surface area contributed by atoms with Crippen molar-refractivity contribution in [1.82, 2.24) is 0 Å². The van der Waals surface area contributed by atoms with Gasteiger partial charge in [0.2, 0.25) is 0 Å². The lowest BCUT2D eigenvalue weighted by molar-refractivity contribution is -0.119. The minimum absolute atomic E-state index is 0.157. The van der Waals surface area contributed by atoms with E-state index in [1.807, 2.05) is 13.0 Å². The maximum absolute atomic E-state index is 11.6. The van der Waals surface area contributed by atoms with Crippen molar-refractivity contribution in [1.29, 1.82) is 0 Å². The summed E-state index contributed by atoms with van der Waals surface area (Å²) in [4.78, 5) is 11.6. The lowest BCUT2D eigenvalue weighted by atomic mass is 9.73. The van der Waals surface area contributed by atoms with Crippen molar-refractivity contribution in [2.45, 2.75) is 41.0 Å². The minimum Gasteiger partial charge on any atom is -0.295 e. The Labute approximate surface area is 81.2 Å². The molecule has 0 amide bonds. The molecule has 0 heterocycles. The van der Waals surface area contributed by atoms with Crippen molar-refractivity contribution < 1.29 is 4.79 Å². The summed E-state index contributed by atoms with van der Waals surface area (Å²) in [5.74, 6) is 1.03. The standard InChI is InChI=1S/C12H20O/c1-8-6-10(12(3,4)5)7-11(13)9(8)2/h7-9H,6H2,1-5H3/t8-,9+/m0/s1. The maximum atomic E-state index is 11.6. The molecule has 0 saturated heterocycles. The van der Waals surface area contributed by atoms with Crippen LogP contribution in [0.1, 0.15) is 41.0 Å². The molecule has 0 aromatic heterocycles. The van der Waals surface area contributed by atoms with Gasteiger partial charge in [0, 0.05) is 5.92 Å². The number of rotatable bonds is 0. The zero-order chi connectivity index (χ0) is 10.2. The second kappa shape index (κ2) is 3.28. The molecule has 0 aromatic rings. The second-order valence-electron chi connectivity index (χ2n) is 5.29. The molecule has 0 radical (unpaired) electrons. The van der Waals surface area contributed by atoms with Crippen molar-refractivity contribution in [3.8, 4) is 0 Å². The van der Waals surface area contributed by atoms with E-state index in [0.29, 0.717) is 11.7 Å². The highest BCUT2D eigenvalue weighted by Crippen LogP contribution is 2.36. The third kappa shape index (κ3) is 2.20. The Morgan fingerprint density at radius 1 is 1.31 bits per heavy atom. The van der Waals surface area contributed by atoms with Gasteiger partial charge in [0.25, 0.3) is 0 Å². The second-order valence-corrected chi connectivity index (χ2v) is 5.29. The van der Waals surface area contributed by atoms with Crippen LogP contribution < -0.4 is 0 Å². The molecule has 0 aliphatic heterocycles. The van der Waals surface area contributed by atoms with E-state index < -0.39 is 0 Å². The Morgan fingerprint density at radius 2 is 1.85 bits per heavy atom. The SMILES string of the molecule is C[C@H]1CC(C(C)(C)C)=CC(=O)[C@@H]1C. The van der Waals surface area contributed by atoms with Gasteiger partial charge < -0.3 is 0 Å². The Balaban J connectivity index is 2.92. The monoisotopic (exact) mass is 180 g/mol. The number of carbonyl (C=O) groups is 1. The molecule has 1 rings (SSSR count). The van der Waals surface area contributed by atoms with Gasteiger partial charge in [-0.1, -0.05) is 40.2 Å². The average molecular weight is 180 g/mol. The molecule has 0 fully saturated rings. The van der Waals surface area contributed by atoms with Gasteiger partial charge in [0.1, 0.15) is 0 Å². The number of hydrogen-bond acceptors (Lipinski definition) is 1. The van der Waals surface area contributed by atoms with Gasteiger partial charge >= 0.3 is 0 Å². The van der Waals surface area contributed by atoms with Crippen LogP contribution in [0.4, 0.5) is 0 Å². The van der Waals surface area contributed by atoms with E-state index in [2.05, 4.69) is 27.7 Å². The van der Waals surface area contributed by atoms with Crippen LogP contribution in [-0.4, -0.2) is 5.78 Å². The summed E-state index contributed by atoms with van der Waals surface area (Å²) in [5, 5.41) is 0. The summed E-state index contributed by atoms with van der Waals surface area (Å²) in [7, 11) is 0. The average Bonchev–Trinajstić information content (AvgIpc) is 1.97. The van der Waals surface area contributed by atoms with Crippen LogP contribution in [0.5, 0.6) is 0 Å². The Kier molecular flexibility index (Phi) is 2.65. The first-order chi connectivity index (χ1) is 5.82. The zero-order valence-corrected chi connectivity index (χ0v) is 9.35. The van der Waals surface area contributed by atoms with Crippen LogP contribution in [0.15, 0.2) is 11.6 Å². The molecule has 0 saturated carbocycles. The first-order valence-corrected chi connectivity index (χ1v) is 5.07. The molecule has 2 atom stereocenters. The van der Waals surface area contributed by atoms with Gasteiger partial charge in [0.15, 0.2) is 5.78 Å². The molecule has 0 unspecified atom stereocenters. The molecular formula is C12H20O. The van der Waals surface area contributed by atoms with Crippen molar-refractivity contribution in [3.63, 3.8) is 0 Å². The summed E-state index contributed by atoms with van der Waals surface area (Å²) in [6, 6.07) is 0. The molecular weight excluding hydrogens is 160 g/mol. The molecule has 0 aromatic carbocycles. The van der Waals surface area contributed by atoms with E-state index in [4.69, 9.17) is 0 Å². The van der Waals surface area contributed by atoms with Gasteiger partial charge in [-0.25, -0.2) is 0 Å². The minimum atomic E-state index is 0.157. The predicted octanol–water partition coefficient (Wildman–Crippen LogP) is 3.20. The maximum Gasteiger partial charge on any atom is 0.158 e. The molecule has 0 spiro atoms. The predicted molar refractivity (Wildman–Crippen MR) is 55.5 cm³/mol. The van der Waals surface area contributed by atoms with E-state index in [-0.39, 0.29) is 11.3 Å². The summed E-state index contributed by atoms with van der Waals surface area (Å²) >= 11 is 0. The lowest BCUT2D eigenvalue weighted by Gasteiger charge is -2.31. The number of ketones is 1. The first kappa shape index (κ1) is 10.5. The Bertz CT molecular complexity index is 242. The van der Waals surface area contributed by atoms with Gasteiger partial charge in [-0.2, -0.15) is 0 Å². The third-order valence-corrected chi connectivity index (χ3v) is 3.12. The van der Waals surface area contributed by atoms with Gasteiger partial charge in [-0.05, 0) is 23.8 Å². The van der Waals surface area contributed by atoms with E-state index in [0.717, 1.165) is 6.42 Å². The fraction of sp³-hybridized carbons (Fsp3) is 0.750. The smallest absolute Gasteiger partial charge is 0.158 e. The molecule has 1 heteroatoms. The molecule has 1 aliphatic carbocycles. The number of allylic oxidation sites excluding steroid dienone is 2. The normalized spacial score (nSPS) is 30.2. The lowest BCUT2D eigenvalue weighted by Crippen LogP contribution is -2.26. The van der Waals surface area contributed by atoms with Crippen LogP contribution in [0.2, 0.25) is 0 Å². The highest BCUT2D eigenvalue weighted by atomic mass is 16.1. The summed E-state index contributed by atoms with van der Waals surface area (Å²) < 4.78 is 0.